The molecule has 3 rings (SSSR count). The molecule has 0 saturated carbocycles. The number of anilines is 1. The molecular formula is C13H20ClN5O. The van der Waals surface area contributed by atoms with Gasteiger partial charge in [0.05, 0.1) is 0 Å². The minimum Gasteiger partial charge on any atom is -0.460 e. The van der Waals surface area contributed by atoms with Gasteiger partial charge in [-0.1, -0.05) is 0 Å². The molecule has 0 atom stereocenters. The SMILES string of the molecule is CN1CCC(Oc2nc(Cl)nc(N3CCCC3)n2)CC1. The lowest BCUT2D eigenvalue weighted by molar-refractivity contribution is 0.105. The van der Waals surface area contributed by atoms with E-state index in [2.05, 4.69) is 31.8 Å². The Morgan fingerprint density at radius 2 is 1.75 bits per heavy atom. The fourth-order valence-corrected chi connectivity index (χ4v) is 2.83. The molecule has 2 saturated heterocycles. The summed E-state index contributed by atoms with van der Waals surface area (Å²) in [6.45, 7) is 4.05. The number of nitrogens with zero attached hydrogens (tertiary/aromatic N) is 5. The number of hydrogen-bond donors (Lipinski definition) is 0. The summed E-state index contributed by atoms with van der Waals surface area (Å²) < 4.78 is 5.88. The summed E-state index contributed by atoms with van der Waals surface area (Å²) in [7, 11) is 2.13. The van der Waals surface area contributed by atoms with Crippen molar-refractivity contribution >= 4 is 17.5 Å². The molecule has 0 bridgehead atoms. The van der Waals surface area contributed by atoms with Crippen LogP contribution in [0.5, 0.6) is 6.01 Å². The van der Waals surface area contributed by atoms with Gasteiger partial charge in [-0.2, -0.15) is 15.0 Å². The summed E-state index contributed by atoms with van der Waals surface area (Å²) in [6.07, 6.45) is 4.52. The van der Waals surface area contributed by atoms with Gasteiger partial charge >= 0.3 is 6.01 Å². The summed E-state index contributed by atoms with van der Waals surface area (Å²) in [5.74, 6) is 0.644. The second kappa shape index (κ2) is 6.10. The Hall–Kier alpha value is -1.14. The number of halogens is 1. The quantitative estimate of drug-likeness (QED) is 0.845. The van der Waals surface area contributed by atoms with Gasteiger partial charge in [-0.15, -0.1) is 0 Å². The van der Waals surface area contributed by atoms with Gasteiger partial charge in [0.2, 0.25) is 11.2 Å². The van der Waals surface area contributed by atoms with Crippen molar-refractivity contribution in [3.63, 3.8) is 0 Å². The monoisotopic (exact) mass is 297 g/mol. The fraction of sp³-hybridized carbons (Fsp3) is 0.769. The number of likely N-dealkylation sites (tertiary alicyclic amines) is 1. The number of rotatable bonds is 3. The summed E-state index contributed by atoms with van der Waals surface area (Å²) >= 11 is 5.99. The third-order valence-corrected chi connectivity index (χ3v) is 4.07. The van der Waals surface area contributed by atoms with Crippen LogP contribution in [0.1, 0.15) is 25.7 Å². The number of ether oxygens (including phenoxy) is 1. The van der Waals surface area contributed by atoms with Gasteiger partial charge in [-0.05, 0) is 44.3 Å². The highest BCUT2D eigenvalue weighted by atomic mass is 35.5. The van der Waals surface area contributed by atoms with Crippen LogP contribution < -0.4 is 9.64 Å². The van der Waals surface area contributed by atoms with E-state index < -0.39 is 0 Å². The van der Waals surface area contributed by atoms with Crippen LogP contribution in [0.2, 0.25) is 5.28 Å². The van der Waals surface area contributed by atoms with E-state index in [0.29, 0.717) is 12.0 Å². The average molecular weight is 298 g/mol. The number of hydrogen-bond acceptors (Lipinski definition) is 6. The van der Waals surface area contributed by atoms with E-state index in [0.717, 1.165) is 39.0 Å². The lowest BCUT2D eigenvalue weighted by Gasteiger charge is -2.28. The van der Waals surface area contributed by atoms with Gasteiger partial charge in [0.25, 0.3) is 0 Å². The van der Waals surface area contributed by atoms with Crippen LogP contribution in [0, 0.1) is 0 Å². The largest absolute Gasteiger partial charge is 0.460 e. The van der Waals surface area contributed by atoms with E-state index in [-0.39, 0.29) is 11.4 Å². The van der Waals surface area contributed by atoms with Crippen LogP contribution in [0.4, 0.5) is 5.95 Å². The molecule has 6 nitrogen and oxygen atoms in total. The zero-order valence-corrected chi connectivity index (χ0v) is 12.5. The lowest BCUT2D eigenvalue weighted by atomic mass is 10.1. The van der Waals surface area contributed by atoms with Crippen LogP contribution in [0.15, 0.2) is 0 Å². The van der Waals surface area contributed by atoms with E-state index in [9.17, 15) is 0 Å². The maximum absolute atomic E-state index is 5.99. The van der Waals surface area contributed by atoms with Crippen molar-refractivity contribution in [3.8, 4) is 6.01 Å². The van der Waals surface area contributed by atoms with Crippen molar-refractivity contribution in [1.29, 1.82) is 0 Å². The zero-order chi connectivity index (χ0) is 13.9. The predicted octanol–water partition coefficient (Wildman–Crippen LogP) is 1.60. The standard InChI is InChI=1S/C13H20ClN5O/c1-18-8-4-10(5-9-18)20-13-16-11(14)15-12(17-13)19-6-2-3-7-19/h10H,2-9H2,1H3. The summed E-state index contributed by atoms with van der Waals surface area (Å²) in [5.41, 5.74) is 0. The third kappa shape index (κ3) is 3.30. The molecule has 0 aromatic carbocycles. The molecule has 1 aromatic heterocycles. The van der Waals surface area contributed by atoms with Gasteiger partial charge in [-0.25, -0.2) is 0 Å². The van der Waals surface area contributed by atoms with Crippen LogP contribution in [0.25, 0.3) is 0 Å². The van der Waals surface area contributed by atoms with E-state index in [4.69, 9.17) is 16.3 Å². The fourth-order valence-electron chi connectivity index (χ4n) is 2.69. The maximum Gasteiger partial charge on any atom is 0.322 e. The van der Waals surface area contributed by atoms with Crippen molar-refractivity contribution in [3.05, 3.63) is 5.28 Å². The maximum atomic E-state index is 5.99. The molecule has 7 heteroatoms. The molecule has 2 aliphatic rings. The van der Waals surface area contributed by atoms with Crippen LogP contribution in [0.3, 0.4) is 0 Å². The molecule has 2 fully saturated rings. The molecule has 1 aromatic rings. The zero-order valence-electron chi connectivity index (χ0n) is 11.8. The van der Waals surface area contributed by atoms with E-state index >= 15 is 0 Å². The Labute approximate surface area is 124 Å². The summed E-state index contributed by atoms with van der Waals surface area (Å²) in [4.78, 5) is 17.1. The summed E-state index contributed by atoms with van der Waals surface area (Å²) in [5, 5.41) is 0.213. The van der Waals surface area contributed by atoms with Crippen LogP contribution in [-0.2, 0) is 0 Å². The van der Waals surface area contributed by atoms with Crippen molar-refractivity contribution in [1.82, 2.24) is 19.9 Å². The average Bonchev–Trinajstić information content (AvgIpc) is 2.95. The highest BCUT2D eigenvalue weighted by molar-refractivity contribution is 6.28. The topological polar surface area (TPSA) is 54.4 Å². The molecule has 0 amide bonds. The van der Waals surface area contributed by atoms with E-state index in [1.165, 1.54) is 12.8 Å². The van der Waals surface area contributed by atoms with Crippen molar-refractivity contribution in [2.75, 3.05) is 38.1 Å². The smallest absolute Gasteiger partial charge is 0.322 e. The van der Waals surface area contributed by atoms with Crippen LogP contribution >= 0.6 is 11.6 Å². The minimum absolute atomic E-state index is 0.177. The normalized spacial score (nSPS) is 21.4. The molecule has 0 aliphatic carbocycles. The molecular weight excluding hydrogens is 278 g/mol. The van der Waals surface area contributed by atoms with Crippen LogP contribution in [-0.4, -0.2) is 59.2 Å². The van der Waals surface area contributed by atoms with E-state index in [1.807, 2.05) is 0 Å². The third-order valence-electron chi connectivity index (χ3n) is 3.90. The second-order valence-corrected chi connectivity index (χ2v) is 5.84. The minimum atomic E-state index is 0.177. The molecule has 110 valence electrons. The van der Waals surface area contributed by atoms with Gasteiger partial charge < -0.3 is 14.5 Å². The van der Waals surface area contributed by atoms with Gasteiger partial charge in [0.1, 0.15) is 6.10 Å². The Kier molecular flexibility index (Phi) is 4.21. The molecule has 3 heterocycles. The summed E-state index contributed by atoms with van der Waals surface area (Å²) in [6, 6.07) is 0.362. The molecule has 0 radical (unpaired) electrons. The van der Waals surface area contributed by atoms with Crippen molar-refractivity contribution in [2.45, 2.75) is 31.8 Å². The highest BCUT2D eigenvalue weighted by Crippen LogP contribution is 2.21. The Morgan fingerprint density at radius 3 is 2.45 bits per heavy atom. The van der Waals surface area contributed by atoms with Gasteiger partial charge in [-0.3, -0.25) is 0 Å². The highest BCUT2D eigenvalue weighted by Gasteiger charge is 2.21. The van der Waals surface area contributed by atoms with Crippen molar-refractivity contribution < 1.29 is 4.74 Å². The number of aromatic nitrogens is 3. The molecule has 2 aliphatic heterocycles. The lowest BCUT2D eigenvalue weighted by Crippen LogP contribution is -2.36. The van der Waals surface area contributed by atoms with Crippen molar-refractivity contribution in [2.24, 2.45) is 0 Å². The first-order valence-corrected chi connectivity index (χ1v) is 7.60. The molecule has 20 heavy (non-hydrogen) atoms. The molecule has 0 N–H and O–H groups in total. The first kappa shape index (κ1) is 13.8. The first-order valence-electron chi connectivity index (χ1n) is 7.22. The Morgan fingerprint density at radius 1 is 1.05 bits per heavy atom. The second-order valence-electron chi connectivity index (χ2n) is 5.50. The first-order chi connectivity index (χ1) is 9.70. The van der Waals surface area contributed by atoms with Gasteiger partial charge in [0, 0.05) is 26.2 Å². The Bertz CT molecular complexity index is 458. The van der Waals surface area contributed by atoms with E-state index in [1.54, 1.807) is 0 Å². The number of piperidine rings is 1. The Balaban J connectivity index is 1.69. The molecule has 0 spiro atoms. The molecule has 0 unspecified atom stereocenters. The van der Waals surface area contributed by atoms with Gasteiger partial charge in [0.15, 0.2) is 0 Å². The predicted molar refractivity (Wildman–Crippen MR) is 77.4 cm³/mol.